The predicted octanol–water partition coefficient (Wildman–Crippen LogP) is 2.11. The Labute approximate surface area is 101 Å². The standard InChI is InChI=1S/C13H18O4/c1-15-11-8-10(6-4-5-7-14)9-12(16-2)13(11)17-3/h4,6,8-9,14H,5,7H2,1-3H3. The zero-order valence-electron chi connectivity index (χ0n) is 10.4. The van der Waals surface area contributed by atoms with E-state index >= 15 is 0 Å². The third-order valence-electron chi connectivity index (χ3n) is 2.29. The van der Waals surface area contributed by atoms with Crippen LogP contribution in [-0.2, 0) is 0 Å². The van der Waals surface area contributed by atoms with Gasteiger partial charge in [-0.25, -0.2) is 0 Å². The normalized spacial score (nSPS) is 10.6. The van der Waals surface area contributed by atoms with E-state index in [4.69, 9.17) is 19.3 Å². The van der Waals surface area contributed by atoms with E-state index in [1.54, 1.807) is 21.3 Å². The van der Waals surface area contributed by atoms with Crippen LogP contribution in [0.5, 0.6) is 17.2 Å². The Morgan fingerprint density at radius 3 is 2.06 bits per heavy atom. The van der Waals surface area contributed by atoms with Crippen molar-refractivity contribution in [2.75, 3.05) is 27.9 Å². The van der Waals surface area contributed by atoms with E-state index in [0.717, 1.165) is 5.56 Å². The number of rotatable bonds is 6. The summed E-state index contributed by atoms with van der Waals surface area (Å²) in [5.74, 6) is 1.82. The van der Waals surface area contributed by atoms with Gasteiger partial charge in [0, 0.05) is 6.61 Å². The summed E-state index contributed by atoms with van der Waals surface area (Å²) in [6.07, 6.45) is 4.41. The number of hydrogen-bond acceptors (Lipinski definition) is 4. The van der Waals surface area contributed by atoms with E-state index < -0.39 is 0 Å². The van der Waals surface area contributed by atoms with E-state index in [1.165, 1.54) is 0 Å². The van der Waals surface area contributed by atoms with Crippen molar-refractivity contribution in [2.45, 2.75) is 6.42 Å². The van der Waals surface area contributed by atoms with E-state index in [1.807, 2.05) is 24.3 Å². The van der Waals surface area contributed by atoms with E-state index in [0.29, 0.717) is 23.7 Å². The molecule has 0 saturated carbocycles. The van der Waals surface area contributed by atoms with Crippen molar-refractivity contribution in [1.29, 1.82) is 0 Å². The fraction of sp³-hybridized carbons (Fsp3) is 0.385. The first kappa shape index (κ1) is 13.4. The molecule has 4 nitrogen and oxygen atoms in total. The number of ether oxygens (including phenoxy) is 3. The minimum absolute atomic E-state index is 0.140. The van der Waals surface area contributed by atoms with Crippen LogP contribution in [0.2, 0.25) is 0 Å². The van der Waals surface area contributed by atoms with Gasteiger partial charge < -0.3 is 19.3 Å². The highest BCUT2D eigenvalue weighted by Crippen LogP contribution is 2.38. The van der Waals surface area contributed by atoms with Gasteiger partial charge in [-0.1, -0.05) is 12.2 Å². The van der Waals surface area contributed by atoms with Gasteiger partial charge in [-0.05, 0) is 24.1 Å². The minimum Gasteiger partial charge on any atom is -0.493 e. The van der Waals surface area contributed by atoms with Crippen LogP contribution in [-0.4, -0.2) is 33.0 Å². The highest BCUT2D eigenvalue weighted by Gasteiger charge is 2.11. The Morgan fingerprint density at radius 2 is 1.65 bits per heavy atom. The Kier molecular flexibility index (Phi) is 5.36. The molecule has 17 heavy (non-hydrogen) atoms. The van der Waals surface area contributed by atoms with Gasteiger partial charge in [0.25, 0.3) is 0 Å². The molecule has 0 amide bonds. The van der Waals surface area contributed by atoms with Crippen molar-refractivity contribution >= 4 is 6.08 Å². The Balaban J connectivity index is 3.08. The van der Waals surface area contributed by atoms with Crippen molar-refractivity contribution < 1.29 is 19.3 Å². The van der Waals surface area contributed by atoms with E-state index in [-0.39, 0.29) is 6.61 Å². The molecule has 1 aromatic rings. The molecule has 0 spiro atoms. The first-order valence-electron chi connectivity index (χ1n) is 5.34. The third-order valence-corrected chi connectivity index (χ3v) is 2.29. The van der Waals surface area contributed by atoms with Crippen LogP contribution >= 0.6 is 0 Å². The lowest BCUT2D eigenvalue weighted by Gasteiger charge is -2.12. The quantitative estimate of drug-likeness (QED) is 0.824. The number of methoxy groups -OCH3 is 3. The van der Waals surface area contributed by atoms with E-state index in [2.05, 4.69) is 0 Å². The molecular weight excluding hydrogens is 220 g/mol. The van der Waals surface area contributed by atoms with Gasteiger partial charge in [-0.3, -0.25) is 0 Å². The molecule has 0 aliphatic carbocycles. The van der Waals surface area contributed by atoms with Crippen molar-refractivity contribution in [3.8, 4) is 17.2 Å². The van der Waals surface area contributed by atoms with Gasteiger partial charge >= 0.3 is 0 Å². The second-order valence-electron chi connectivity index (χ2n) is 3.37. The number of aliphatic hydroxyl groups is 1. The molecule has 0 heterocycles. The maximum atomic E-state index is 8.71. The molecular formula is C13H18O4. The van der Waals surface area contributed by atoms with Crippen LogP contribution in [0.4, 0.5) is 0 Å². The van der Waals surface area contributed by atoms with Crippen LogP contribution in [0.3, 0.4) is 0 Å². The van der Waals surface area contributed by atoms with Crippen LogP contribution in [0.15, 0.2) is 18.2 Å². The maximum absolute atomic E-state index is 8.71. The smallest absolute Gasteiger partial charge is 0.203 e. The molecule has 0 bridgehead atoms. The Morgan fingerprint density at radius 1 is 1.06 bits per heavy atom. The van der Waals surface area contributed by atoms with Crippen molar-refractivity contribution in [3.63, 3.8) is 0 Å². The summed E-state index contributed by atoms with van der Waals surface area (Å²) < 4.78 is 15.7. The van der Waals surface area contributed by atoms with Gasteiger partial charge in [0.15, 0.2) is 11.5 Å². The molecule has 0 saturated heterocycles. The predicted molar refractivity (Wildman–Crippen MR) is 66.8 cm³/mol. The molecule has 0 aliphatic rings. The second-order valence-corrected chi connectivity index (χ2v) is 3.37. The highest BCUT2D eigenvalue weighted by atomic mass is 16.5. The lowest BCUT2D eigenvalue weighted by Crippen LogP contribution is -1.95. The molecule has 0 aliphatic heterocycles. The summed E-state index contributed by atoms with van der Waals surface area (Å²) in [4.78, 5) is 0. The Bertz CT molecular complexity index is 360. The summed E-state index contributed by atoms with van der Waals surface area (Å²) in [5, 5.41) is 8.71. The highest BCUT2D eigenvalue weighted by molar-refractivity contribution is 5.62. The molecule has 0 atom stereocenters. The molecule has 0 fully saturated rings. The molecule has 0 unspecified atom stereocenters. The average Bonchev–Trinajstić information content (AvgIpc) is 2.37. The maximum Gasteiger partial charge on any atom is 0.203 e. The first-order valence-corrected chi connectivity index (χ1v) is 5.34. The summed E-state index contributed by atoms with van der Waals surface area (Å²) in [6, 6.07) is 3.71. The zero-order valence-corrected chi connectivity index (χ0v) is 10.4. The fourth-order valence-electron chi connectivity index (χ4n) is 1.49. The number of hydrogen-bond donors (Lipinski definition) is 1. The molecule has 1 N–H and O–H groups in total. The van der Waals surface area contributed by atoms with E-state index in [9.17, 15) is 0 Å². The second kappa shape index (κ2) is 6.81. The topological polar surface area (TPSA) is 47.9 Å². The summed E-state index contributed by atoms with van der Waals surface area (Å²) in [7, 11) is 4.73. The van der Waals surface area contributed by atoms with Crippen LogP contribution in [0, 0.1) is 0 Å². The molecule has 94 valence electrons. The largest absolute Gasteiger partial charge is 0.493 e. The fourth-order valence-corrected chi connectivity index (χ4v) is 1.49. The molecule has 1 aromatic carbocycles. The van der Waals surface area contributed by atoms with Gasteiger partial charge in [-0.15, -0.1) is 0 Å². The van der Waals surface area contributed by atoms with Gasteiger partial charge in [0.1, 0.15) is 0 Å². The first-order chi connectivity index (χ1) is 8.26. The summed E-state index contributed by atoms with van der Waals surface area (Å²) >= 11 is 0. The van der Waals surface area contributed by atoms with Crippen LogP contribution in [0.25, 0.3) is 6.08 Å². The molecule has 1 rings (SSSR count). The average molecular weight is 238 g/mol. The molecule has 0 aromatic heterocycles. The number of benzene rings is 1. The molecule has 0 radical (unpaired) electrons. The van der Waals surface area contributed by atoms with Crippen molar-refractivity contribution in [3.05, 3.63) is 23.8 Å². The SMILES string of the molecule is COc1cc(C=CCCO)cc(OC)c1OC. The van der Waals surface area contributed by atoms with Gasteiger partial charge in [0.2, 0.25) is 5.75 Å². The monoisotopic (exact) mass is 238 g/mol. The summed E-state index contributed by atoms with van der Waals surface area (Å²) in [5.41, 5.74) is 0.938. The van der Waals surface area contributed by atoms with Crippen molar-refractivity contribution in [1.82, 2.24) is 0 Å². The molecule has 4 heteroatoms. The third kappa shape index (κ3) is 3.39. The van der Waals surface area contributed by atoms with Crippen LogP contribution < -0.4 is 14.2 Å². The van der Waals surface area contributed by atoms with Crippen LogP contribution in [0.1, 0.15) is 12.0 Å². The summed E-state index contributed by atoms with van der Waals surface area (Å²) in [6.45, 7) is 0.140. The van der Waals surface area contributed by atoms with Gasteiger partial charge in [-0.2, -0.15) is 0 Å². The minimum atomic E-state index is 0.140. The zero-order chi connectivity index (χ0) is 12.7. The lowest BCUT2D eigenvalue weighted by atomic mass is 10.1. The van der Waals surface area contributed by atoms with Gasteiger partial charge in [0.05, 0.1) is 21.3 Å². The Hall–Kier alpha value is -1.68. The lowest BCUT2D eigenvalue weighted by molar-refractivity contribution is 0.303. The van der Waals surface area contributed by atoms with Crippen molar-refractivity contribution in [2.24, 2.45) is 0 Å². The number of aliphatic hydroxyl groups excluding tert-OH is 1.